The van der Waals surface area contributed by atoms with E-state index < -0.39 is 0 Å². The maximum absolute atomic E-state index is 10.3. The van der Waals surface area contributed by atoms with Gasteiger partial charge in [0.2, 0.25) is 5.91 Å². The van der Waals surface area contributed by atoms with Crippen molar-refractivity contribution in [2.75, 3.05) is 13.1 Å². The van der Waals surface area contributed by atoms with Gasteiger partial charge in [0.25, 0.3) is 0 Å². The maximum Gasteiger partial charge on any atom is 0.233 e. The van der Waals surface area contributed by atoms with Crippen molar-refractivity contribution < 1.29 is 4.79 Å². The lowest BCUT2D eigenvalue weighted by molar-refractivity contribution is -0.119. The van der Waals surface area contributed by atoms with Gasteiger partial charge < -0.3 is 11.1 Å². The molecule has 0 heterocycles. The molecular weight excluding hydrogens is 140 g/mol. The molecule has 0 saturated carbocycles. The molecule has 0 aromatic carbocycles. The number of halogens is 1. The molecule has 0 aromatic rings. The first-order valence-electron chi connectivity index (χ1n) is 2.78. The number of carbonyl (C=O) groups excluding carboxylic acids is 1. The van der Waals surface area contributed by atoms with Crippen LogP contribution in [-0.2, 0) is 4.79 Å². The minimum absolute atomic E-state index is 0. The van der Waals surface area contributed by atoms with Crippen molar-refractivity contribution in [1.82, 2.24) is 5.32 Å². The fourth-order valence-corrected chi connectivity index (χ4v) is 0.337. The van der Waals surface area contributed by atoms with Crippen molar-refractivity contribution in [1.29, 1.82) is 0 Å². The van der Waals surface area contributed by atoms with Gasteiger partial charge in [0.05, 0.1) is 6.54 Å². The van der Waals surface area contributed by atoms with Gasteiger partial charge in [-0.3, -0.25) is 4.79 Å². The third-order valence-electron chi connectivity index (χ3n) is 0.758. The molecular formula is C5H13ClN2O. The van der Waals surface area contributed by atoms with E-state index in [1.165, 1.54) is 0 Å². The van der Waals surface area contributed by atoms with Gasteiger partial charge >= 0.3 is 0 Å². The van der Waals surface area contributed by atoms with Crippen molar-refractivity contribution in [2.24, 2.45) is 5.73 Å². The summed E-state index contributed by atoms with van der Waals surface area (Å²) < 4.78 is 0. The lowest BCUT2D eigenvalue weighted by Crippen LogP contribution is -2.30. The molecule has 0 aliphatic carbocycles. The highest BCUT2D eigenvalue weighted by Crippen LogP contribution is 1.67. The number of nitrogens with one attached hydrogen (secondary N) is 1. The largest absolute Gasteiger partial charge is 0.355 e. The molecule has 0 spiro atoms. The zero-order valence-corrected chi connectivity index (χ0v) is 6.33. The molecule has 0 aliphatic heterocycles. The molecule has 1 amide bonds. The summed E-state index contributed by atoms with van der Waals surface area (Å²) in [5.41, 5.74) is 5.00. The summed E-state index contributed by atoms with van der Waals surface area (Å²) in [5, 5.41) is 2.62. The van der Waals surface area contributed by atoms with E-state index in [2.05, 4.69) is 5.32 Å². The normalized spacial score (nSPS) is 7.78. The molecule has 0 unspecified atom stereocenters. The first-order valence-corrected chi connectivity index (χ1v) is 2.78. The average Bonchev–Trinajstić information content (AvgIpc) is 1.83. The van der Waals surface area contributed by atoms with E-state index >= 15 is 0 Å². The predicted molar refractivity (Wildman–Crippen MR) is 39.6 cm³/mol. The van der Waals surface area contributed by atoms with Crippen molar-refractivity contribution in [3.8, 4) is 0 Å². The van der Waals surface area contributed by atoms with Gasteiger partial charge in [-0.1, -0.05) is 6.92 Å². The summed E-state index contributed by atoms with van der Waals surface area (Å²) in [4.78, 5) is 10.3. The van der Waals surface area contributed by atoms with Crippen LogP contribution in [0.1, 0.15) is 13.3 Å². The van der Waals surface area contributed by atoms with E-state index in [1.807, 2.05) is 6.92 Å². The Morgan fingerprint density at radius 2 is 2.22 bits per heavy atom. The number of amides is 1. The van der Waals surface area contributed by atoms with Crippen molar-refractivity contribution >= 4 is 18.3 Å². The van der Waals surface area contributed by atoms with Crippen LogP contribution in [0.2, 0.25) is 0 Å². The van der Waals surface area contributed by atoms with Crippen LogP contribution in [0.15, 0.2) is 0 Å². The van der Waals surface area contributed by atoms with Gasteiger partial charge in [0, 0.05) is 6.54 Å². The first-order chi connectivity index (χ1) is 3.81. The number of hydrogen-bond acceptors (Lipinski definition) is 2. The number of nitrogens with two attached hydrogens (primary N) is 1. The molecule has 0 fully saturated rings. The van der Waals surface area contributed by atoms with Crippen LogP contribution < -0.4 is 11.1 Å². The summed E-state index contributed by atoms with van der Waals surface area (Å²) in [6.07, 6.45) is 0.964. The van der Waals surface area contributed by atoms with Crippen LogP contribution in [0.4, 0.5) is 0 Å². The number of rotatable bonds is 3. The minimum Gasteiger partial charge on any atom is -0.355 e. The maximum atomic E-state index is 10.3. The quantitative estimate of drug-likeness (QED) is 0.593. The van der Waals surface area contributed by atoms with E-state index in [-0.39, 0.29) is 24.9 Å². The topological polar surface area (TPSA) is 55.1 Å². The van der Waals surface area contributed by atoms with Crippen LogP contribution >= 0.6 is 12.4 Å². The predicted octanol–water partition coefficient (Wildman–Crippen LogP) is -0.107. The Kier molecular flexibility index (Phi) is 9.87. The van der Waals surface area contributed by atoms with E-state index in [0.29, 0.717) is 0 Å². The second-order valence-electron chi connectivity index (χ2n) is 1.55. The Balaban J connectivity index is 0. The summed E-state index contributed by atoms with van der Waals surface area (Å²) >= 11 is 0. The minimum atomic E-state index is -0.0770. The second-order valence-corrected chi connectivity index (χ2v) is 1.55. The molecule has 0 rings (SSSR count). The molecule has 9 heavy (non-hydrogen) atoms. The number of carbonyl (C=O) groups is 1. The Bertz CT molecular complexity index is 77.4. The first kappa shape index (κ1) is 11.5. The highest BCUT2D eigenvalue weighted by atomic mass is 35.5. The summed E-state index contributed by atoms with van der Waals surface area (Å²) in [6, 6.07) is 0. The Hall–Kier alpha value is -0.280. The van der Waals surface area contributed by atoms with E-state index in [0.717, 1.165) is 13.0 Å². The summed E-state index contributed by atoms with van der Waals surface area (Å²) in [7, 11) is 0. The van der Waals surface area contributed by atoms with Crippen LogP contribution in [0.3, 0.4) is 0 Å². The van der Waals surface area contributed by atoms with Crippen LogP contribution in [0, 0.1) is 0 Å². The van der Waals surface area contributed by atoms with Gasteiger partial charge in [-0.2, -0.15) is 0 Å². The fraction of sp³-hybridized carbons (Fsp3) is 0.800. The van der Waals surface area contributed by atoms with E-state index in [4.69, 9.17) is 5.73 Å². The molecule has 4 heteroatoms. The zero-order chi connectivity index (χ0) is 6.41. The van der Waals surface area contributed by atoms with Gasteiger partial charge in [0.1, 0.15) is 0 Å². The molecule has 0 bridgehead atoms. The lowest BCUT2D eigenvalue weighted by Gasteiger charge is -1.97. The second kappa shape index (κ2) is 7.72. The van der Waals surface area contributed by atoms with Gasteiger partial charge in [-0.15, -0.1) is 12.4 Å². The number of hydrogen-bond donors (Lipinski definition) is 2. The van der Waals surface area contributed by atoms with Crippen molar-refractivity contribution in [3.63, 3.8) is 0 Å². The molecule has 0 radical (unpaired) electrons. The van der Waals surface area contributed by atoms with E-state index in [1.54, 1.807) is 0 Å². The van der Waals surface area contributed by atoms with E-state index in [9.17, 15) is 4.79 Å². The van der Waals surface area contributed by atoms with Crippen LogP contribution in [0.5, 0.6) is 0 Å². The Labute approximate surface area is 61.4 Å². The molecule has 0 aliphatic rings. The lowest BCUT2D eigenvalue weighted by atomic mass is 10.5. The third-order valence-corrected chi connectivity index (χ3v) is 0.758. The molecule has 0 saturated heterocycles. The van der Waals surface area contributed by atoms with Gasteiger partial charge in [-0.05, 0) is 6.42 Å². The van der Waals surface area contributed by atoms with Gasteiger partial charge in [0.15, 0.2) is 0 Å². The third kappa shape index (κ3) is 7.72. The van der Waals surface area contributed by atoms with Crippen LogP contribution in [0.25, 0.3) is 0 Å². The highest BCUT2D eigenvalue weighted by molar-refractivity contribution is 5.85. The molecule has 3 nitrogen and oxygen atoms in total. The Morgan fingerprint density at radius 3 is 2.56 bits per heavy atom. The molecule has 56 valence electrons. The molecule has 0 aromatic heterocycles. The Morgan fingerprint density at radius 1 is 1.67 bits per heavy atom. The fourth-order valence-electron chi connectivity index (χ4n) is 0.337. The van der Waals surface area contributed by atoms with Crippen LogP contribution in [-0.4, -0.2) is 19.0 Å². The standard InChI is InChI=1S/C5H12N2O.ClH/c1-2-3-7-5(8)4-6;/h2-4,6H2,1H3,(H,7,8);1H. The average molecular weight is 153 g/mol. The van der Waals surface area contributed by atoms with Crippen molar-refractivity contribution in [3.05, 3.63) is 0 Å². The zero-order valence-electron chi connectivity index (χ0n) is 5.52. The smallest absolute Gasteiger partial charge is 0.233 e. The van der Waals surface area contributed by atoms with Gasteiger partial charge in [-0.25, -0.2) is 0 Å². The summed E-state index contributed by atoms with van der Waals surface area (Å²) in [5.74, 6) is -0.0770. The summed E-state index contributed by atoms with van der Waals surface area (Å²) in [6.45, 7) is 2.83. The monoisotopic (exact) mass is 152 g/mol. The highest BCUT2D eigenvalue weighted by Gasteiger charge is 1.90. The SMILES string of the molecule is CCCNC(=O)CN.Cl. The van der Waals surface area contributed by atoms with Crippen molar-refractivity contribution in [2.45, 2.75) is 13.3 Å². The molecule has 0 atom stereocenters. The molecule has 3 N–H and O–H groups in total.